The number of nitrogens with one attached hydrogen (secondary N) is 1. The van der Waals surface area contributed by atoms with Crippen LogP contribution in [0.25, 0.3) is 0 Å². The number of nitrogens with zero attached hydrogens (tertiary/aromatic N) is 3. The number of carbonyl (C=O) groups excluding carboxylic acids is 1. The predicted octanol–water partition coefficient (Wildman–Crippen LogP) is 1.04. The van der Waals surface area contributed by atoms with Crippen LogP contribution in [0.2, 0.25) is 0 Å². The van der Waals surface area contributed by atoms with Gasteiger partial charge in [0, 0.05) is 38.6 Å². The molecule has 6 heteroatoms. The zero-order valence-corrected chi connectivity index (χ0v) is 12.6. The van der Waals surface area contributed by atoms with E-state index in [1.165, 1.54) is 0 Å². The van der Waals surface area contributed by atoms with E-state index in [1.807, 2.05) is 11.1 Å². The van der Waals surface area contributed by atoms with Gasteiger partial charge in [-0.25, -0.2) is 4.98 Å². The molecule has 0 radical (unpaired) electrons. The quantitative estimate of drug-likeness (QED) is 0.904. The number of H-pyrrole nitrogens is 1. The smallest absolute Gasteiger partial charge is 0.228 e. The van der Waals surface area contributed by atoms with Gasteiger partial charge >= 0.3 is 0 Å². The number of imidazole rings is 1. The molecule has 1 amide bonds. The highest BCUT2D eigenvalue weighted by Gasteiger charge is 2.34. The summed E-state index contributed by atoms with van der Waals surface area (Å²) in [6, 6.07) is 0.173. The summed E-state index contributed by atoms with van der Waals surface area (Å²) in [6.45, 7) is 6.93. The summed E-state index contributed by atoms with van der Waals surface area (Å²) in [7, 11) is 0. The monoisotopic (exact) mass is 292 g/mol. The van der Waals surface area contributed by atoms with E-state index in [-0.39, 0.29) is 17.9 Å². The second-order valence-corrected chi connectivity index (χ2v) is 5.82. The van der Waals surface area contributed by atoms with Crippen molar-refractivity contribution >= 4 is 5.91 Å². The number of ether oxygens (including phenoxy) is 1. The van der Waals surface area contributed by atoms with Crippen molar-refractivity contribution < 1.29 is 9.53 Å². The number of aromatic nitrogens is 2. The topological polar surface area (TPSA) is 61.5 Å². The normalized spacial score (nSPS) is 27.8. The number of piperazine rings is 1. The number of rotatable bonds is 3. The molecule has 0 saturated carbocycles. The molecule has 1 N–H and O–H groups in total. The van der Waals surface area contributed by atoms with Crippen molar-refractivity contribution in [3.8, 4) is 0 Å². The first-order chi connectivity index (χ1) is 10.3. The third-order valence-electron chi connectivity index (χ3n) is 4.55. The van der Waals surface area contributed by atoms with Crippen LogP contribution in [-0.4, -0.2) is 65.1 Å². The first-order valence-electron chi connectivity index (χ1n) is 7.89. The Morgan fingerprint density at radius 2 is 2.43 bits per heavy atom. The second kappa shape index (κ2) is 6.58. The van der Waals surface area contributed by atoms with Crippen LogP contribution in [0.1, 0.15) is 31.6 Å². The van der Waals surface area contributed by atoms with Crippen LogP contribution >= 0.6 is 0 Å². The number of carbonyl (C=O) groups is 1. The first kappa shape index (κ1) is 14.5. The lowest BCUT2D eigenvalue weighted by Crippen LogP contribution is -2.52. The Bertz CT molecular complexity index is 456. The van der Waals surface area contributed by atoms with Gasteiger partial charge in [0.1, 0.15) is 5.82 Å². The Balaban J connectivity index is 1.68. The summed E-state index contributed by atoms with van der Waals surface area (Å²) in [6.07, 6.45) is 5.57. The lowest BCUT2D eigenvalue weighted by Gasteiger charge is -2.41. The average Bonchev–Trinajstić information content (AvgIpc) is 3.08. The summed E-state index contributed by atoms with van der Waals surface area (Å²) in [4.78, 5) is 24.6. The average molecular weight is 292 g/mol. The molecule has 2 aliphatic rings. The maximum Gasteiger partial charge on any atom is 0.228 e. The molecule has 1 aromatic rings. The van der Waals surface area contributed by atoms with Crippen molar-refractivity contribution in [3.63, 3.8) is 0 Å². The molecule has 2 atom stereocenters. The number of hydrogen-bond acceptors (Lipinski definition) is 4. The number of likely N-dealkylation sites (N-methyl/N-ethyl adjacent to an activating group) is 1. The minimum Gasteiger partial charge on any atom is -0.381 e. The molecule has 2 aliphatic heterocycles. The van der Waals surface area contributed by atoms with E-state index < -0.39 is 0 Å². The van der Waals surface area contributed by atoms with Crippen molar-refractivity contribution in [3.05, 3.63) is 18.2 Å². The number of aromatic amines is 1. The number of amides is 1. The van der Waals surface area contributed by atoms with E-state index in [2.05, 4.69) is 21.8 Å². The molecule has 0 unspecified atom stereocenters. The largest absolute Gasteiger partial charge is 0.381 e. The molecule has 3 heterocycles. The second-order valence-electron chi connectivity index (χ2n) is 5.82. The SMILES string of the molecule is CCN1CCN(C(=O)[C@@H]2CCCOC2)C[C@H]1c1ncc[nH]1. The standard InChI is InChI=1S/C15H24N4O2/c1-2-18-7-8-19(10-13(18)14-16-5-6-17-14)15(20)12-4-3-9-21-11-12/h5-6,12-13H,2-4,7-11H2,1H3,(H,16,17)/t12-,13+/m1/s1. The van der Waals surface area contributed by atoms with E-state index in [0.29, 0.717) is 6.61 Å². The van der Waals surface area contributed by atoms with Gasteiger partial charge in [-0.05, 0) is 19.4 Å². The minimum atomic E-state index is 0.0455. The van der Waals surface area contributed by atoms with Gasteiger partial charge in [0.2, 0.25) is 5.91 Å². The maximum atomic E-state index is 12.7. The van der Waals surface area contributed by atoms with Gasteiger partial charge in [0.05, 0.1) is 18.6 Å². The van der Waals surface area contributed by atoms with Crippen molar-refractivity contribution in [1.82, 2.24) is 19.8 Å². The lowest BCUT2D eigenvalue weighted by molar-refractivity contribution is -0.142. The summed E-state index contributed by atoms with van der Waals surface area (Å²) in [5.41, 5.74) is 0. The first-order valence-corrected chi connectivity index (χ1v) is 7.89. The van der Waals surface area contributed by atoms with E-state index in [9.17, 15) is 4.79 Å². The maximum absolute atomic E-state index is 12.7. The van der Waals surface area contributed by atoms with Gasteiger partial charge in [0.15, 0.2) is 0 Å². The third kappa shape index (κ3) is 3.11. The molecule has 1 aromatic heterocycles. The minimum absolute atomic E-state index is 0.0455. The van der Waals surface area contributed by atoms with Crippen LogP contribution in [0.15, 0.2) is 12.4 Å². The summed E-state index contributed by atoms with van der Waals surface area (Å²) >= 11 is 0. The van der Waals surface area contributed by atoms with Crippen LogP contribution in [0.4, 0.5) is 0 Å². The highest BCUT2D eigenvalue weighted by Crippen LogP contribution is 2.25. The zero-order chi connectivity index (χ0) is 14.7. The summed E-state index contributed by atoms with van der Waals surface area (Å²) < 4.78 is 5.46. The highest BCUT2D eigenvalue weighted by atomic mass is 16.5. The Labute approximate surface area is 125 Å². The molecule has 21 heavy (non-hydrogen) atoms. The van der Waals surface area contributed by atoms with Crippen LogP contribution in [-0.2, 0) is 9.53 Å². The molecule has 2 fully saturated rings. The fraction of sp³-hybridized carbons (Fsp3) is 0.733. The van der Waals surface area contributed by atoms with Gasteiger partial charge in [-0.3, -0.25) is 9.69 Å². The Morgan fingerprint density at radius 3 is 3.10 bits per heavy atom. The molecule has 116 valence electrons. The van der Waals surface area contributed by atoms with Crippen molar-refractivity contribution in [2.75, 3.05) is 39.4 Å². The Morgan fingerprint density at radius 1 is 1.52 bits per heavy atom. The van der Waals surface area contributed by atoms with Crippen molar-refractivity contribution in [2.24, 2.45) is 5.92 Å². The summed E-state index contributed by atoms with van der Waals surface area (Å²) in [5, 5.41) is 0. The lowest BCUT2D eigenvalue weighted by atomic mass is 9.99. The molecular formula is C15H24N4O2. The highest BCUT2D eigenvalue weighted by molar-refractivity contribution is 5.79. The van der Waals surface area contributed by atoms with E-state index >= 15 is 0 Å². The molecule has 2 saturated heterocycles. The van der Waals surface area contributed by atoms with E-state index in [4.69, 9.17) is 4.74 Å². The molecule has 0 aromatic carbocycles. The number of hydrogen-bond donors (Lipinski definition) is 1. The van der Waals surface area contributed by atoms with Crippen LogP contribution < -0.4 is 0 Å². The molecule has 3 rings (SSSR count). The fourth-order valence-electron chi connectivity index (χ4n) is 3.31. The Kier molecular flexibility index (Phi) is 4.55. The molecule has 0 bridgehead atoms. The van der Waals surface area contributed by atoms with Crippen LogP contribution in [0, 0.1) is 5.92 Å². The van der Waals surface area contributed by atoms with Crippen molar-refractivity contribution in [2.45, 2.75) is 25.8 Å². The van der Waals surface area contributed by atoms with Gasteiger partial charge in [0.25, 0.3) is 0 Å². The molecular weight excluding hydrogens is 268 g/mol. The summed E-state index contributed by atoms with van der Waals surface area (Å²) in [5.74, 6) is 1.25. The fourth-order valence-corrected chi connectivity index (χ4v) is 3.31. The molecule has 0 spiro atoms. The van der Waals surface area contributed by atoms with Gasteiger partial charge in [-0.1, -0.05) is 6.92 Å². The van der Waals surface area contributed by atoms with Crippen LogP contribution in [0.5, 0.6) is 0 Å². The van der Waals surface area contributed by atoms with Gasteiger partial charge in [-0.2, -0.15) is 0 Å². The molecule has 0 aliphatic carbocycles. The van der Waals surface area contributed by atoms with Gasteiger partial charge in [-0.15, -0.1) is 0 Å². The van der Waals surface area contributed by atoms with Crippen LogP contribution in [0.3, 0.4) is 0 Å². The third-order valence-corrected chi connectivity index (χ3v) is 4.55. The predicted molar refractivity (Wildman–Crippen MR) is 78.7 cm³/mol. The van der Waals surface area contributed by atoms with Crippen molar-refractivity contribution in [1.29, 1.82) is 0 Å². The van der Waals surface area contributed by atoms with E-state index in [0.717, 1.165) is 51.5 Å². The zero-order valence-electron chi connectivity index (χ0n) is 12.6. The molecule has 6 nitrogen and oxygen atoms in total. The van der Waals surface area contributed by atoms with E-state index in [1.54, 1.807) is 6.20 Å². The Hall–Kier alpha value is -1.40. The van der Waals surface area contributed by atoms with Gasteiger partial charge < -0.3 is 14.6 Å².